The van der Waals surface area contributed by atoms with E-state index in [0.29, 0.717) is 11.5 Å². The predicted molar refractivity (Wildman–Crippen MR) is 98.8 cm³/mol. The number of hydrogen-bond donors (Lipinski definition) is 2. The maximum absolute atomic E-state index is 12.7. The summed E-state index contributed by atoms with van der Waals surface area (Å²) >= 11 is 0. The summed E-state index contributed by atoms with van der Waals surface area (Å²) in [6.45, 7) is 1.49. The van der Waals surface area contributed by atoms with E-state index in [-0.39, 0.29) is 22.9 Å². The van der Waals surface area contributed by atoms with Gasteiger partial charge in [-0.1, -0.05) is 6.07 Å². The fourth-order valence-corrected chi connectivity index (χ4v) is 3.54. The number of rotatable bonds is 6. The Labute approximate surface area is 161 Å². The number of sulfonamides is 1. The lowest BCUT2D eigenvalue weighted by Gasteiger charge is -2.13. The van der Waals surface area contributed by atoms with Crippen LogP contribution in [-0.4, -0.2) is 40.2 Å². The van der Waals surface area contributed by atoms with Crippen LogP contribution in [0.5, 0.6) is 11.5 Å². The lowest BCUT2D eigenvalue weighted by molar-refractivity contribution is -0.128. The lowest BCUT2D eigenvalue weighted by atomic mass is 10.2. The van der Waals surface area contributed by atoms with Crippen molar-refractivity contribution in [2.24, 2.45) is 0 Å². The van der Waals surface area contributed by atoms with E-state index in [2.05, 4.69) is 10.0 Å². The molecule has 0 aromatic heterocycles. The van der Waals surface area contributed by atoms with E-state index in [1.165, 1.54) is 50.4 Å². The Morgan fingerprint density at radius 2 is 1.86 bits per heavy atom. The van der Waals surface area contributed by atoms with Gasteiger partial charge in [0, 0.05) is 13.1 Å². The second kappa shape index (κ2) is 7.77. The van der Waals surface area contributed by atoms with Crippen molar-refractivity contribution in [1.82, 2.24) is 5.32 Å². The van der Waals surface area contributed by atoms with Crippen molar-refractivity contribution in [1.29, 1.82) is 0 Å². The number of carbonyl (C=O) groups excluding carboxylic acids is 2. The fourth-order valence-electron chi connectivity index (χ4n) is 2.45. The second-order valence-electron chi connectivity index (χ2n) is 5.86. The van der Waals surface area contributed by atoms with Gasteiger partial charge in [0.2, 0.25) is 6.79 Å². The minimum absolute atomic E-state index is 0.00400. The van der Waals surface area contributed by atoms with Gasteiger partial charge in [-0.2, -0.15) is 0 Å². The molecule has 0 saturated carbocycles. The molecule has 1 aliphatic heterocycles. The molecule has 10 heteroatoms. The van der Waals surface area contributed by atoms with Crippen molar-refractivity contribution in [2.45, 2.75) is 17.9 Å². The molecule has 28 heavy (non-hydrogen) atoms. The van der Waals surface area contributed by atoms with Gasteiger partial charge in [-0.15, -0.1) is 0 Å². The average Bonchev–Trinajstić information content (AvgIpc) is 3.14. The van der Waals surface area contributed by atoms with Gasteiger partial charge in [0.15, 0.2) is 17.6 Å². The largest absolute Gasteiger partial charge is 0.454 e. The quantitative estimate of drug-likeness (QED) is 0.698. The highest BCUT2D eigenvalue weighted by Gasteiger charge is 2.21. The van der Waals surface area contributed by atoms with Gasteiger partial charge in [-0.3, -0.25) is 9.52 Å². The third-order valence-electron chi connectivity index (χ3n) is 3.90. The second-order valence-corrected chi connectivity index (χ2v) is 7.55. The average molecular weight is 406 g/mol. The molecule has 9 nitrogen and oxygen atoms in total. The molecule has 148 valence electrons. The first-order valence-corrected chi connectivity index (χ1v) is 9.73. The first-order valence-electron chi connectivity index (χ1n) is 8.25. The summed E-state index contributed by atoms with van der Waals surface area (Å²) in [7, 11) is -2.55. The highest BCUT2D eigenvalue weighted by Crippen LogP contribution is 2.34. The van der Waals surface area contributed by atoms with E-state index < -0.39 is 28.0 Å². The molecule has 1 amide bonds. The Hall–Kier alpha value is -3.27. The molecule has 3 rings (SSSR count). The van der Waals surface area contributed by atoms with Crippen LogP contribution < -0.4 is 19.5 Å². The number of benzene rings is 2. The first-order chi connectivity index (χ1) is 13.3. The van der Waals surface area contributed by atoms with E-state index in [1.54, 1.807) is 6.07 Å². The van der Waals surface area contributed by atoms with Crippen molar-refractivity contribution in [3.8, 4) is 11.5 Å². The first kappa shape index (κ1) is 19.5. The van der Waals surface area contributed by atoms with Gasteiger partial charge in [-0.25, -0.2) is 13.2 Å². The van der Waals surface area contributed by atoms with E-state index in [0.717, 1.165) is 0 Å². The Morgan fingerprint density at radius 3 is 2.61 bits per heavy atom. The van der Waals surface area contributed by atoms with Crippen LogP contribution in [-0.2, 0) is 19.6 Å². The molecule has 2 aromatic carbocycles. The van der Waals surface area contributed by atoms with Crippen molar-refractivity contribution >= 4 is 27.6 Å². The van der Waals surface area contributed by atoms with Gasteiger partial charge in [-0.05, 0) is 37.3 Å². The molecule has 0 saturated heterocycles. The smallest absolute Gasteiger partial charge is 0.338 e. The molecular formula is C18H18N2O7S. The van der Waals surface area contributed by atoms with Gasteiger partial charge in [0.25, 0.3) is 15.9 Å². The summed E-state index contributed by atoms with van der Waals surface area (Å²) < 4.78 is 43.2. The van der Waals surface area contributed by atoms with Crippen LogP contribution in [0.15, 0.2) is 47.4 Å². The molecule has 2 aromatic rings. The van der Waals surface area contributed by atoms with E-state index >= 15 is 0 Å². The van der Waals surface area contributed by atoms with Gasteiger partial charge in [0.05, 0.1) is 16.1 Å². The number of ether oxygens (including phenoxy) is 3. The molecule has 1 atom stereocenters. The van der Waals surface area contributed by atoms with Crippen LogP contribution in [0.3, 0.4) is 0 Å². The normalized spacial score (nSPS) is 13.5. The van der Waals surface area contributed by atoms with Gasteiger partial charge >= 0.3 is 5.97 Å². The van der Waals surface area contributed by atoms with Gasteiger partial charge < -0.3 is 19.5 Å². The topological polar surface area (TPSA) is 120 Å². The van der Waals surface area contributed by atoms with E-state index in [1.807, 2.05) is 0 Å². The molecule has 0 fully saturated rings. The van der Waals surface area contributed by atoms with Crippen LogP contribution in [0.1, 0.15) is 17.3 Å². The van der Waals surface area contributed by atoms with Crippen LogP contribution in [0.2, 0.25) is 0 Å². The fraction of sp³-hybridized carbons (Fsp3) is 0.222. The van der Waals surface area contributed by atoms with Crippen LogP contribution >= 0.6 is 0 Å². The zero-order chi connectivity index (χ0) is 20.3. The number of carbonyl (C=O) groups is 2. The summed E-state index contributed by atoms with van der Waals surface area (Å²) in [6, 6.07) is 9.96. The number of nitrogens with one attached hydrogen (secondary N) is 2. The maximum atomic E-state index is 12.7. The minimum atomic E-state index is -3.97. The highest BCUT2D eigenvalue weighted by atomic mass is 32.2. The van der Waals surface area contributed by atoms with Crippen LogP contribution in [0, 0.1) is 0 Å². The summed E-state index contributed by atoms with van der Waals surface area (Å²) in [5, 5.41) is 2.36. The summed E-state index contributed by atoms with van der Waals surface area (Å²) in [4.78, 5) is 23.5. The Morgan fingerprint density at radius 1 is 1.11 bits per heavy atom. The van der Waals surface area contributed by atoms with Crippen molar-refractivity contribution in [3.63, 3.8) is 0 Å². The summed E-state index contributed by atoms with van der Waals surface area (Å²) in [5.74, 6) is -0.323. The van der Waals surface area contributed by atoms with Crippen molar-refractivity contribution in [2.75, 3.05) is 18.6 Å². The molecule has 0 aliphatic carbocycles. The number of anilines is 1. The number of fused-ring (bicyclic) bond motifs is 1. The third kappa shape index (κ3) is 4.17. The monoisotopic (exact) mass is 406 g/mol. The number of amides is 1. The van der Waals surface area contributed by atoms with Crippen LogP contribution in [0.4, 0.5) is 5.69 Å². The van der Waals surface area contributed by atoms with Crippen molar-refractivity contribution < 1.29 is 32.2 Å². The Kier molecular flexibility index (Phi) is 5.41. The molecule has 0 unspecified atom stereocenters. The summed E-state index contributed by atoms with van der Waals surface area (Å²) in [6.07, 6.45) is -1.01. The van der Waals surface area contributed by atoms with E-state index in [4.69, 9.17) is 14.2 Å². The number of esters is 1. The highest BCUT2D eigenvalue weighted by molar-refractivity contribution is 7.92. The SMILES string of the molecule is CNC(=O)[C@H](C)OC(=O)c1cccc(S(=O)(=O)Nc2ccc3c(c2)OCO3)c1. The molecule has 0 spiro atoms. The zero-order valence-electron chi connectivity index (χ0n) is 15.1. The molecule has 1 aliphatic rings. The van der Waals surface area contributed by atoms with Crippen LogP contribution in [0.25, 0.3) is 0 Å². The predicted octanol–water partition coefficient (Wildman–Crippen LogP) is 1.51. The zero-order valence-corrected chi connectivity index (χ0v) is 15.9. The third-order valence-corrected chi connectivity index (χ3v) is 5.28. The standard InChI is InChI=1S/C18H18N2O7S/c1-11(17(21)19-2)27-18(22)12-4-3-5-14(8-12)28(23,24)20-13-6-7-15-16(9-13)26-10-25-15/h3-9,11,20H,10H2,1-2H3,(H,19,21)/t11-/m0/s1. The molecule has 0 radical (unpaired) electrons. The molecule has 1 heterocycles. The van der Waals surface area contributed by atoms with Crippen molar-refractivity contribution in [3.05, 3.63) is 48.0 Å². The molecule has 0 bridgehead atoms. The minimum Gasteiger partial charge on any atom is -0.454 e. The maximum Gasteiger partial charge on any atom is 0.338 e. The number of likely N-dealkylation sites (N-methyl/N-ethyl adjacent to an activating group) is 1. The molecular weight excluding hydrogens is 388 g/mol. The Balaban J connectivity index is 1.78. The Bertz CT molecular complexity index is 1020. The summed E-state index contributed by atoms with van der Waals surface area (Å²) in [5.41, 5.74) is 0.287. The van der Waals surface area contributed by atoms with E-state index in [9.17, 15) is 18.0 Å². The number of hydrogen-bond acceptors (Lipinski definition) is 7. The van der Waals surface area contributed by atoms with Gasteiger partial charge in [0.1, 0.15) is 0 Å². The molecule has 2 N–H and O–H groups in total. The lowest BCUT2D eigenvalue weighted by Crippen LogP contribution is -2.33.